The van der Waals surface area contributed by atoms with Crippen molar-refractivity contribution in [3.63, 3.8) is 0 Å². The van der Waals surface area contributed by atoms with Crippen LogP contribution in [-0.2, 0) is 9.53 Å². The Morgan fingerprint density at radius 3 is 1.13 bits per heavy atom. The van der Waals surface area contributed by atoms with E-state index in [1.807, 2.05) is 0 Å². The van der Waals surface area contributed by atoms with Crippen LogP contribution in [0.1, 0.15) is 212 Å². The molecule has 1 unspecified atom stereocenters. The zero-order valence-corrected chi connectivity index (χ0v) is 27.1. The smallest absolute Gasteiger partial charge is 0.308 e. The molecule has 1 saturated carbocycles. The van der Waals surface area contributed by atoms with Crippen molar-refractivity contribution in [1.82, 2.24) is 0 Å². The highest BCUT2D eigenvalue weighted by molar-refractivity contribution is 5.72. The van der Waals surface area contributed by atoms with Crippen molar-refractivity contribution in [2.75, 3.05) is 7.11 Å². The van der Waals surface area contributed by atoms with Gasteiger partial charge in [0.15, 0.2) is 0 Å². The Morgan fingerprint density at radius 2 is 0.821 bits per heavy atom. The van der Waals surface area contributed by atoms with Gasteiger partial charge in [-0.15, -0.1) is 0 Å². The Balaban J connectivity index is 1.83. The Bertz CT molecular complexity index is 498. The molecule has 0 amide bonds. The van der Waals surface area contributed by atoms with Gasteiger partial charge in [-0.3, -0.25) is 4.79 Å². The van der Waals surface area contributed by atoms with Crippen molar-refractivity contribution in [1.29, 1.82) is 0 Å². The summed E-state index contributed by atoms with van der Waals surface area (Å²) >= 11 is 0. The van der Waals surface area contributed by atoms with Crippen LogP contribution in [0.3, 0.4) is 0 Å². The molecule has 1 atom stereocenters. The molecule has 1 aliphatic rings. The zero-order chi connectivity index (χ0) is 28.1. The lowest BCUT2D eigenvalue weighted by molar-refractivity contribution is -0.146. The molecule has 2 nitrogen and oxygen atoms in total. The number of carbonyl (C=O) groups excluding carboxylic acids is 1. The van der Waals surface area contributed by atoms with Gasteiger partial charge in [0.25, 0.3) is 0 Å². The number of methoxy groups -OCH3 is 1. The minimum Gasteiger partial charge on any atom is -0.469 e. The molecular formula is C37H72O2. The van der Waals surface area contributed by atoms with E-state index < -0.39 is 0 Å². The van der Waals surface area contributed by atoms with Gasteiger partial charge in [-0.2, -0.15) is 0 Å². The van der Waals surface area contributed by atoms with E-state index in [4.69, 9.17) is 4.74 Å². The minimum atomic E-state index is 0.0353. The van der Waals surface area contributed by atoms with Crippen LogP contribution in [0.15, 0.2) is 0 Å². The molecular weight excluding hydrogens is 476 g/mol. The van der Waals surface area contributed by atoms with Gasteiger partial charge in [0.1, 0.15) is 0 Å². The van der Waals surface area contributed by atoms with Gasteiger partial charge in [0.2, 0.25) is 0 Å². The number of hydrogen-bond acceptors (Lipinski definition) is 2. The van der Waals surface area contributed by atoms with Crippen LogP contribution in [0.5, 0.6) is 0 Å². The van der Waals surface area contributed by atoms with E-state index in [0.29, 0.717) is 0 Å². The fraction of sp³-hybridized carbons (Fsp3) is 0.973. The highest BCUT2D eigenvalue weighted by atomic mass is 16.5. The summed E-state index contributed by atoms with van der Waals surface area (Å²) in [5, 5.41) is 0. The van der Waals surface area contributed by atoms with Gasteiger partial charge in [-0.1, -0.05) is 200 Å². The molecule has 2 heteroatoms. The predicted molar refractivity (Wildman–Crippen MR) is 172 cm³/mol. The summed E-state index contributed by atoms with van der Waals surface area (Å²) in [6, 6.07) is 0. The molecule has 1 rings (SSSR count). The van der Waals surface area contributed by atoms with Crippen molar-refractivity contribution < 1.29 is 9.53 Å². The lowest BCUT2D eigenvalue weighted by Gasteiger charge is -2.14. The Morgan fingerprint density at radius 1 is 0.513 bits per heavy atom. The fourth-order valence-electron chi connectivity index (χ4n) is 6.31. The number of carbonyl (C=O) groups is 1. The Labute approximate surface area is 246 Å². The third kappa shape index (κ3) is 26.1. The number of unbranched alkanes of at least 4 members (excludes halogenated alkanes) is 25. The molecule has 0 aromatic heterocycles. The first-order valence-electron chi connectivity index (χ1n) is 18.4. The normalized spacial score (nSPS) is 14.1. The standard InChI is InChI=1S/C37H72O2/c1-3-4-5-6-7-8-9-10-11-12-13-16-19-22-25-28-31-36(37(38)39-2)32-29-26-23-20-17-14-15-18-21-24-27-30-35-33-34-35/h35-36H,3-34H2,1-2H3. The lowest BCUT2D eigenvalue weighted by atomic mass is 9.94. The molecule has 0 saturated heterocycles. The molecule has 0 bridgehead atoms. The third-order valence-electron chi connectivity index (χ3n) is 9.30. The highest BCUT2D eigenvalue weighted by Crippen LogP contribution is 2.34. The molecule has 0 heterocycles. The topological polar surface area (TPSA) is 26.3 Å². The van der Waals surface area contributed by atoms with Gasteiger partial charge in [-0.05, 0) is 18.8 Å². The number of hydrogen-bond donors (Lipinski definition) is 0. The first kappa shape index (κ1) is 36.5. The van der Waals surface area contributed by atoms with Gasteiger partial charge >= 0.3 is 5.97 Å². The van der Waals surface area contributed by atoms with Gasteiger partial charge in [0, 0.05) is 0 Å². The second-order valence-corrected chi connectivity index (χ2v) is 13.2. The SMILES string of the molecule is CCCCCCCCCCCCCCCCCCC(CCCCCCCCCCCCCC1CC1)C(=O)OC. The maximum absolute atomic E-state index is 12.2. The summed E-state index contributed by atoms with van der Waals surface area (Å²) in [6.45, 7) is 2.30. The summed E-state index contributed by atoms with van der Waals surface area (Å²) in [5.41, 5.74) is 0. The summed E-state index contributed by atoms with van der Waals surface area (Å²) in [5.74, 6) is 1.29. The Hall–Kier alpha value is -0.530. The molecule has 0 radical (unpaired) electrons. The first-order chi connectivity index (χ1) is 19.3. The lowest BCUT2D eigenvalue weighted by Crippen LogP contribution is -2.16. The summed E-state index contributed by atoms with van der Waals surface area (Å²) in [7, 11) is 1.57. The van der Waals surface area contributed by atoms with E-state index in [2.05, 4.69) is 6.92 Å². The van der Waals surface area contributed by atoms with Crippen molar-refractivity contribution >= 4 is 5.97 Å². The van der Waals surface area contributed by atoms with Gasteiger partial charge in [-0.25, -0.2) is 0 Å². The largest absolute Gasteiger partial charge is 0.469 e. The molecule has 232 valence electrons. The molecule has 0 aliphatic heterocycles. The van der Waals surface area contributed by atoms with Crippen LogP contribution in [0.4, 0.5) is 0 Å². The van der Waals surface area contributed by atoms with E-state index in [-0.39, 0.29) is 11.9 Å². The molecule has 0 N–H and O–H groups in total. The quantitative estimate of drug-likeness (QED) is 0.0617. The molecule has 0 aromatic carbocycles. The highest BCUT2D eigenvalue weighted by Gasteiger charge is 2.20. The van der Waals surface area contributed by atoms with Crippen LogP contribution in [0.25, 0.3) is 0 Å². The van der Waals surface area contributed by atoms with Crippen molar-refractivity contribution in [3.05, 3.63) is 0 Å². The van der Waals surface area contributed by atoms with Crippen LogP contribution in [-0.4, -0.2) is 13.1 Å². The monoisotopic (exact) mass is 549 g/mol. The number of esters is 1. The van der Waals surface area contributed by atoms with Crippen LogP contribution >= 0.6 is 0 Å². The average molecular weight is 549 g/mol. The molecule has 1 fully saturated rings. The third-order valence-corrected chi connectivity index (χ3v) is 9.30. The molecule has 39 heavy (non-hydrogen) atoms. The second-order valence-electron chi connectivity index (χ2n) is 13.2. The maximum atomic E-state index is 12.2. The maximum Gasteiger partial charge on any atom is 0.308 e. The van der Waals surface area contributed by atoms with Crippen molar-refractivity contribution in [3.8, 4) is 0 Å². The zero-order valence-electron chi connectivity index (χ0n) is 27.1. The molecule has 0 aromatic rings. The predicted octanol–water partition coefficient (Wildman–Crippen LogP) is 12.9. The van der Waals surface area contributed by atoms with E-state index in [0.717, 1.165) is 18.8 Å². The second kappa shape index (κ2) is 29.0. The van der Waals surface area contributed by atoms with E-state index in [9.17, 15) is 4.79 Å². The van der Waals surface area contributed by atoms with Crippen LogP contribution in [0, 0.1) is 11.8 Å². The number of rotatable bonds is 32. The van der Waals surface area contributed by atoms with Crippen LogP contribution in [0.2, 0.25) is 0 Å². The summed E-state index contributed by atoms with van der Waals surface area (Å²) < 4.78 is 5.13. The van der Waals surface area contributed by atoms with Gasteiger partial charge in [0.05, 0.1) is 13.0 Å². The summed E-state index contributed by atoms with van der Waals surface area (Å²) in [6.07, 6.45) is 44.3. The number of ether oxygens (including phenoxy) is 1. The Kier molecular flexibility index (Phi) is 27.1. The van der Waals surface area contributed by atoms with Crippen molar-refractivity contribution in [2.45, 2.75) is 212 Å². The van der Waals surface area contributed by atoms with Gasteiger partial charge < -0.3 is 4.74 Å². The van der Waals surface area contributed by atoms with Crippen LogP contribution < -0.4 is 0 Å². The molecule has 1 aliphatic carbocycles. The van der Waals surface area contributed by atoms with E-state index in [1.165, 1.54) is 193 Å². The fourth-order valence-corrected chi connectivity index (χ4v) is 6.31. The van der Waals surface area contributed by atoms with E-state index in [1.54, 1.807) is 7.11 Å². The molecule has 0 spiro atoms. The average Bonchev–Trinajstić information content (AvgIpc) is 3.78. The minimum absolute atomic E-state index is 0.0353. The summed E-state index contributed by atoms with van der Waals surface area (Å²) in [4.78, 5) is 12.2. The first-order valence-corrected chi connectivity index (χ1v) is 18.4. The van der Waals surface area contributed by atoms with E-state index >= 15 is 0 Å². The van der Waals surface area contributed by atoms with Crippen molar-refractivity contribution in [2.24, 2.45) is 11.8 Å².